The van der Waals surface area contributed by atoms with Gasteiger partial charge in [0.25, 0.3) is 0 Å². The monoisotopic (exact) mass is 269 g/mol. The van der Waals surface area contributed by atoms with Gasteiger partial charge in [-0.15, -0.1) is 0 Å². The lowest BCUT2D eigenvalue weighted by Crippen LogP contribution is -2.49. The Balaban J connectivity index is 0. The van der Waals surface area contributed by atoms with Crippen molar-refractivity contribution in [1.82, 2.24) is 5.32 Å². The van der Waals surface area contributed by atoms with Crippen LogP contribution in [0.15, 0.2) is 0 Å². The number of hydrogen-bond donors (Lipinski definition) is 3. The van der Waals surface area contributed by atoms with Crippen LogP contribution in [0, 0.1) is 0 Å². The highest BCUT2D eigenvalue weighted by Crippen LogP contribution is 2.10. The SMILES string of the molecule is CC(C)(NC[C@H](O)CO)S(C)(=O)=O.CC(C)=O. The van der Waals surface area contributed by atoms with Gasteiger partial charge in [0, 0.05) is 12.8 Å². The van der Waals surface area contributed by atoms with Gasteiger partial charge in [0.2, 0.25) is 0 Å². The third-order valence-electron chi connectivity index (χ3n) is 1.90. The molecule has 0 unspecified atom stereocenters. The van der Waals surface area contributed by atoms with Gasteiger partial charge in [0.1, 0.15) is 10.7 Å². The van der Waals surface area contributed by atoms with E-state index in [4.69, 9.17) is 10.2 Å². The van der Waals surface area contributed by atoms with Gasteiger partial charge < -0.3 is 15.0 Å². The van der Waals surface area contributed by atoms with Crippen molar-refractivity contribution in [2.45, 2.75) is 38.7 Å². The summed E-state index contributed by atoms with van der Waals surface area (Å²) in [7, 11) is -3.21. The van der Waals surface area contributed by atoms with E-state index in [0.717, 1.165) is 6.26 Å². The van der Waals surface area contributed by atoms with Crippen LogP contribution in [0.2, 0.25) is 0 Å². The summed E-state index contributed by atoms with van der Waals surface area (Å²) in [5.41, 5.74) is 0. The van der Waals surface area contributed by atoms with E-state index in [1.165, 1.54) is 27.7 Å². The molecule has 7 heteroatoms. The molecule has 0 aromatic rings. The van der Waals surface area contributed by atoms with E-state index in [2.05, 4.69) is 5.32 Å². The maximum Gasteiger partial charge on any atom is 0.165 e. The van der Waals surface area contributed by atoms with E-state index in [1.54, 1.807) is 0 Å². The molecule has 0 aliphatic rings. The van der Waals surface area contributed by atoms with E-state index < -0.39 is 20.8 Å². The maximum atomic E-state index is 11.1. The smallest absolute Gasteiger partial charge is 0.165 e. The van der Waals surface area contributed by atoms with E-state index in [9.17, 15) is 13.2 Å². The number of sulfone groups is 1. The van der Waals surface area contributed by atoms with Gasteiger partial charge in [-0.1, -0.05) is 0 Å². The Hall–Kier alpha value is -0.500. The molecule has 0 aliphatic carbocycles. The minimum atomic E-state index is -3.21. The first-order chi connectivity index (χ1) is 7.44. The number of hydrogen-bond acceptors (Lipinski definition) is 6. The number of ketones is 1. The molecule has 0 saturated carbocycles. The molecule has 3 N–H and O–H groups in total. The number of nitrogens with one attached hydrogen (secondary N) is 1. The summed E-state index contributed by atoms with van der Waals surface area (Å²) in [4.78, 5) is 8.36. The molecule has 6 nitrogen and oxygen atoms in total. The summed E-state index contributed by atoms with van der Waals surface area (Å²) in [5, 5.41) is 20.1. The van der Waals surface area contributed by atoms with E-state index in [1.807, 2.05) is 0 Å². The average Bonchev–Trinajstić information content (AvgIpc) is 2.11. The van der Waals surface area contributed by atoms with Crippen LogP contribution in [0.5, 0.6) is 0 Å². The highest BCUT2D eigenvalue weighted by Gasteiger charge is 2.29. The third-order valence-corrected chi connectivity index (χ3v) is 3.90. The van der Waals surface area contributed by atoms with E-state index in [-0.39, 0.29) is 18.9 Å². The molecule has 0 rings (SSSR count). The van der Waals surface area contributed by atoms with Crippen molar-refractivity contribution >= 4 is 15.6 Å². The van der Waals surface area contributed by atoms with Crippen LogP contribution in [0.1, 0.15) is 27.7 Å². The summed E-state index contributed by atoms with van der Waals surface area (Å²) in [6.45, 7) is 5.74. The molecular formula is C10H23NO5S. The van der Waals surface area contributed by atoms with Gasteiger partial charge in [-0.2, -0.15) is 0 Å². The second-order valence-electron chi connectivity index (χ2n) is 4.41. The van der Waals surface area contributed by atoms with Crippen LogP contribution in [-0.4, -0.2) is 54.8 Å². The van der Waals surface area contributed by atoms with Crippen molar-refractivity contribution in [1.29, 1.82) is 0 Å². The first-order valence-electron chi connectivity index (χ1n) is 5.14. The summed E-state index contributed by atoms with van der Waals surface area (Å²) >= 11 is 0. The van der Waals surface area contributed by atoms with E-state index in [0.29, 0.717) is 0 Å². The zero-order chi connectivity index (χ0) is 14.3. The molecule has 0 fully saturated rings. The predicted octanol–water partition coefficient (Wildman–Crippen LogP) is -0.695. The topological polar surface area (TPSA) is 104 Å². The molecule has 0 spiro atoms. The maximum absolute atomic E-state index is 11.1. The van der Waals surface area contributed by atoms with Crippen LogP contribution in [0.25, 0.3) is 0 Å². The van der Waals surface area contributed by atoms with Crippen molar-refractivity contribution < 1.29 is 23.4 Å². The van der Waals surface area contributed by atoms with Crippen LogP contribution in [0.4, 0.5) is 0 Å². The lowest BCUT2D eigenvalue weighted by atomic mass is 10.3. The fourth-order valence-electron chi connectivity index (χ4n) is 0.559. The fraction of sp³-hybridized carbons (Fsp3) is 0.900. The van der Waals surface area contributed by atoms with Gasteiger partial charge in [-0.3, -0.25) is 5.32 Å². The van der Waals surface area contributed by atoms with Gasteiger partial charge >= 0.3 is 0 Å². The third kappa shape index (κ3) is 10.4. The number of carbonyl (C=O) groups is 1. The average molecular weight is 269 g/mol. The lowest BCUT2D eigenvalue weighted by molar-refractivity contribution is -0.114. The Morgan fingerprint density at radius 1 is 1.35 bits per heavy atom. The minimum Gasteiger partial charge on any atom is -0.394 e. The molecule has 0 saturated heterocycles. The molecule has 0 aromatic heterocycles. The molecule has 0 aromatic carbocycles. The summed E-state index contributed by atoms with van der Waals surface area (Å²) in [6.07, 6.45) is 0.187. The Bertz CT molecular complexity index is 320. The van der Waals surface area contributed by atoms with Crippen molar-refractivity contribution in [3.8, 4) is 0 Å². The zero-order valence-corrected chi connectivity index (χ0v) is 11.8. The Kier molecular flexibility index (Phi) is 8.60. The van der Waals surface area contributed by atoms with Crippen molar-refractivity contribution in [3.63, 3.8) is 0 Å². The number of carbonyl (C=O) groups excluding carboxylic acids is 1. The number of aliphatic hydroxyl groups is 2. The van der Waals surface area contributed by atoms with Crippen LogP contribution < -0.4 is 5.32 Å². The molecule has 0 heterocycles. The zero-order valence-electron chi connectivity index (χ0n) is 11.0. The molecule has 0 radical (unpaired) electrons. The highest BCUT2D eigenvalue weighted by atomic mass is 32.2. The largest absolute Gasteiger partial charge is 0.394 e. The van der Waals surface area contributed by atoms with E-state index >= 15 is 0 Å². The molecule has 0 amide bonds. The Morgan fingerprint density at radius 2 is 1.71 bits per heavy atom. The minimum absolute atomic E-state index is 0.0522. The summed E-state index contributed by atoms with van der Waals surface area (Å²) in [6, 6.07) is 0. The molecule has 17 heavy (non-hydrogen) atoms. The highest BCUT2D eigenvalue weighted by molar-refractivity contribution is 7.92. The first-order valence-corrected chi connectivity index (χ1v) is 7.04. The van der Waals surface area contributed by atoms with Gasteiger partial charge in [-0.25, -0.2) is 8.42 Å². The predicted molar refractivity (Wildman–Crippen MR) is 66.4 cm³/mol. The van der Waals surface area contributed by atoms with Crippen LogP contribution in [0.3, 0.4) is 0 Å². The van der Waals surface area contributed by atoms with Crippen molar-refractivity contribution in [2.24, 2.45) is 0 Å². The normalized spacial score (nSPS) is 13.6. The van der Waals surface area contributed by atoms with Crippen LogP contribution in [-0.2, 0) is 14.6 Å². The molecule has 0 bridgehead atoms. The van der Waals surface area contributed by atoms with Gasteiger partial charge in [-0.05, 0) is 27.7 Å². The molecule has 104 valence electrons. The second-order valence-corrected chi connectivity index (χ2v) is 6.97. The van der Waals surface area contributed by atoms with Crippen molar-refractivity contribution in [2.75, 3.05) is 19.4 Å². The second kappa shape index (κ2) is 7.75. The molecule has 0 aliphatic heterocycles. The number of rotatable bonds is 5. The molecular weight excluding hydrogens is 246 g/mol. The van der Waals surface area contributed by atoms with Crippen LogP contribution >= 0.6 is 0 Å². The lowest BCUT2D eigenvalue weighted by Gasteiger charge is -2.25. The fourth-order valence-corrected chi connectivity index (χ4v) is 0.905. The number of Topliss-reactive ketones (excluding diaryl/α,β-unsaturated/α-hetero) is 1. The Labute approximate surface area is 103 Å². The summed E-state index contributed by atoms with van der Waals surface area (Å²) in [5.74, 6) is 0.167. The van der Waals surface area contributed by atoms with Gasteiger partial charge in [0.15, 0.2) is 9.84 Å². The van der Waals surface area contributed by atoms with Gasteiger partial charge in [0.05, 0.1) is 12.7 Å². The quantitative estimate of drug-likeness (QED) is 0.610. The standard InChI is InChI=1S/C7H17NO4S.C3H6O/c1-7(2,13(3,11)12)8-4-6(10)5-9;1-3(2)4/h6,8-10H,4-5H2,1-3H3;1-2H3/t6-;/m0./s1. The molecule has 1 atom stereocenters. The van der Waals surface area contributed by atoms with Crippen molar-refractivity contribution in [3.05, 3.63) is 0 Å². The number of aliphatic hydroxyl groups excluding tert-OH is 2. The Morgan fingerprint density at radius 3 is 1.94 bits per heavy atom. The summed E-state index contributed by atoms with van der Waals surface area (Å²) < 4.78 is 22.3. The first kappa shape index (κ1) is 18.9.